The molecule has 0 saturated carbocycles. The smallest absolute Gasteiger partial charge is 0.407 e. The Hall–Kier alpha value is -0.910. The molecular formula is C13H23NO4S. The first-order chi connectivity index (χ1) is 8.83. The lowest BCUT2D eigenvalue weighted by molar-refractivity contribution is -0.146. The summed E-state index contributed by atoms with van der Waals surface area (Å²) in [6, 6.07) is 0. The van der Waals surface area contributed by atoms with E-state index in [-0.39, 0.29) is 17.8 Å². The maximum Gasteiger partial charge on any atom is 0.407 e. The first kappa shape index (κ1) is 16.1. The number of esters is 1. The van der Waals surface area contributed by atoms with Crippen LogP contribution in [-0.4, -0.2) is 42.8 Å². The third-order valence-electron chi connectivity index (χ3n) is 2.91. The van der Waals surface area contributed by atoms with Gasteiger partial charge in [0.2, 0.25) is 0 Å². The molecule has 0 aromatic carbocycles. The van der Waals surface area contributed by atoms with Crippen LogP contribution in [0.15, 0.2) is 0 Å². The first-order valence-electron chi connectivity index (χ1n) is 6.46. The van der Waals surface area contributed by atoms with Gasteiger partial charge in [0.15, 0.2) is 0 Å². The molecule has 1 amide bonds. The molecule has 0 unspecified atom stereocenters. The zero-order chi connectivity index (χ0) is 14.5. The van der Waals surface area contributed by atoms with E-state index in [4.69, 9.17) is 9.47 Å². The third kappa shape index (κ3) is 5.72. The third-order valence-corrected chi connectivity index (χ3v) is 4.03. The SMILES string of the molecule is COC(=O)[C@H]1CSCC[C@H]1CNC(=O)OC(C)(C)C. The predicted molar refractivity (Wildman–Crippen MR) is 75.2 cm³/mol. The van der Waals surface area contributed by atoms with Gasteiger partial charge in [-0.25, -0.2) is 4.79 Å². The summed E-state index contributed by atoms with van der Waals surface area (Å²) in [6.45, 7) is 5.92. The number of hydrogen-bond donors (Lipinski definition) is 1. The Bertz CT molecular complexity index is 327. The summed E-state index contributed by atoms with van der Waals surface area (Å²) in [5, 5.41) is 2.74. The van der Waals surface area contributed by atoms with Crippen LogP contribution in [0.1, 0.15) is 27.2 Å². The molecular weight excluding hydrogens is 266 g/mol. The van der Waals surface area contributed by atoms with Gasteiger partial charge in [-0.1, -0.05) is 0 Å². The lowest BCUT2D eigenvalue weighted by atomic mass is 9.91. The molecule has 1 aliphatic heterocycles. The Morgan fingerprint density at radius 3 is 2.63 bits per heavy atom. The Morgan fingerprint density at radius 1 is 1.37 bits per heavy atom. The van der Waals surface area contributed by atoms with Crippen molar-refractivity contribution in [1.29, 1.82) is 0 Å². The van der Waals surface area contributed by atoms with E-state index in [9.17, 15) is 9.59 Å². The quantitative estimate of drug-likeness (QED) is 0.806. The van der Waals surface area contributed by atoms with Gasteiger partial charge < -0.3 is 14.8 Å². The number of carbonyl (C=O) groups is 2. The monoisotopic (exact) mass is 289 g/mol. The van der Waals surface area contributed by atoms with Crippen molar-refractivity contribution in [3.63, 3.8) is 0 Å². The molecule has 5 nitrogen and oxygen atoms in total. The van der Waals surface area contributed by atoms with Crippen LogP contribution in [0.2, 0.25) is 0 Å². The average Bonchev–Trinajstić information content (AvgIpc) is 2.33. The minimum atomic E-state index is -0.506. The summed E-state index contributed by atoms with van der Waals surface area (Å²) in [5.74, 6) is 1.56. The highest BCUT2D eigenvalue weighted by Gasteiger charge is 2.32. The van der Waals surface area contributed by atoms with Crippen molar-refractivity contribution in [2.45, 2.75) is 32.8 Å². The van der Waals surface area contributed by atoms with Crippen molar-refractivity contribution < 1.29 is 19.1 Å². The Balaban J connectivity index is 2.45. The highest BCUT2D eigenvalue weighted by Crippen LogP contribution is 2.29. The van der Waals surface area contributed by atoms with Crippen LogP contribution >= 0.6 is 11.8 Å². The zero-order valence-electron chi connectivity index (χ0n) is 12.0. The summed E-state index contributed by atoms with van der Waals surface area (Å²) in [4.78, 5) is 23.3. The number of carbonyl (C=O) groups excluding carboxylic acids is 2. The summed E-state index contributed by atoms with van der Waals surface area (Å²) >= 11 is 1.75. The van der Waals surface area contributed by atoms with Crippen molar-refractivity contribution in [2.24, 2.45) is 11.8 Å². The second kappa shape index (κ2) is 7.03. The van der Waals surface area contributed by atoms with Crippen molar-refractivity contribution in [3.8, 4) is 0 Å². The van der Waals surface area contributed by atoms with E-state index in [0.717, 1.165) is 17.9 Å². The van der Waals surface area contributed by atoms with Gasteiger partial charge in [0.05, 0.1) is 13.0 Å². The number of hydrogen-bond acceptors (Lipinski definition) is 5. The van der Waals surface area contributed by atoms with Gasteiger partial charge in [-0.15, -0.1) is 0 Å². The van der Waals surface area contributed by atoms with Crippen molar-refractivity contribution in [3.05, 3.63) is 0 Å². The summed E-state index contributed by atoms with van der Waals surface area (Å²) in [6.07, 6.45) is 0.467. The van der Waals surface area contributed by atoms with Crippen LogP contribution in [-0.2, 0) is 14.3 Å². The molecule has 1 saturated heterocycles. The largest absolute Gasteiger partial charge is 0.469 e. The fourth-order valence-electron chi connectivity index (χ4n) is 1.97. The van der Waals surface area contributed by atoms with Crippen LogP contribution in [0.5, 0.6) is 0 Å². The lowest BCUT2D eigenvalue weighted by Crippen LogP contribution is -2.41. The van der Waals surface area contributed by atoms with E-state index < -0.39 is 11.7 Å². The van der Waals surface area contributed by atoms with Gasteiger partial charge in [-0.05, 0) is 38.9 Å². The molecule has 0 bridgehead atoms. The highest BCUT2D eigenvalue weighted by molar-refractivity contribution is 7.99. The fourth-order valence-corrected chi connectivity index (χ4v) is 3.27. The molecule has 1 heterocycles. The molecule has 0 radical (unpaired) electrons. The maximum atomic E-state index is 11.7. The Morgan fingerprint density at radius 2 is 2.05 bits per heavy atom. The number of alkyl carbamates (subject to hydrolysis) is 1. The lowest BCUT2D eigenvalue weighted by Gasteiger charge is -2.29. The molecule has 19 heavy (non-hydrogen) atoms. The Kier molecular flexibility index (Phi) is 5.97. The van der Waals surface area contributed by atoms with Gasteiger partial charge in [0.25, 0.3) is 0 Å². The molecule has 0 aromatic rings. The van der Waals surface area contributed by atoms with Crippen LogP contribution in [0, 0.1) is 11.8 Å². The summed E-state index contributed by atoms with van der Waals surface area (Å²) in [7, 11) is 1.40. The van der Waals surface area contributed by atoms with Crippen LogP contribution in [0.3, 0.4) is 0 Å². The average molecular weight is 289 g/mol. The van der Waals surface area contributed by atoms with Gasteiger partial charge in [0, 0.05) is 12.3 Å². The van der Waals surface area contributed by atoms with Crippen LogP contribution in [0.4, 0.5) is 4.79 Å². The van der Waals surface area contributed by atoms with E-state index in [1.54, 1.807) is 11.8 Å². The summed E-state index contributed by atoms with van der Waals surface area (Å²) in [5.41, 5.74) is -0.506. The van der Waals surface area contributed by atoms with E-state index in [0.29, 0.717) is 6.54 Å². The minimum Gasteiger partial charge on any atom is -0.469 e. The molecule has 2 atom stereocenters. The summed E-state index contributed by atoms with van der Waals surface area (Å²) < 4.78 is 9.99. The number of rotatable bonds is 3. The molecule has 1 rings (SSSR count). The number of methoxy groups -OCH3 is 1. The van der Waals surface area contributed by atoms with E-state index in [1.807, 2.05) is 20.8 Å². The molecule has 0 aliphatic carbocycles. The first-order valence-corrected chi connectivity index (χ1v) is 7.61. The van der Waals surface area contributed by atoms with Crippen LogP contribution < -0.4 is 5.32 Å². The van der Waals surface area contributed by atoms with E-state index in [1.165, 1.54) is 7.11 Å². The second-order valence-corrected chi connectivity index (χ2v) is 6.79. The minimum absolute atomic E-state index is 0.126. The molecule has 0 aromatic heterocycles. The molecule has 1 fully saturated rings. The number of thioether (sulfide) groups is 1. The zero-order valence-corrected chi connectivity index (χ0v) is 12.8. The van der Waals surface area contributed by atoms with Crippen molar-refractivity contribution in [1.82, 2.24) is 5.32 Å². The molecule has 110 valence electrons. The van der Waals surface area contributed by atoms with Gasteiger partial charge in [-0.2, -0.15) is 11.8 Å². The number of ether oxygens (including phenoxy) is 2. The normalized spacial score (nSPS) is 23.6. The maximum absolute atomic E-state index is 11.7. The highest BCUT2D eigenvalue weighted by atomic mass is 32.2. The predicted octanol–water partition coefficient (Wildman–Crippen LogP) is 2.05. The number of nitrogens with one attached hydrogen (secondary N) is 1. The van der Waals surface area contributed by atoms with Crippen molar-refractivity contribution in [2.75, 3.05) is 25.2 Å². The molecule has 0 spiro atoms. The second-order valence-electron chi connectivity index (χ2n) is 5.64. The molecule has 1 aliphatic rings. The fraction of sp³-hybridized carbons (Fsp3) is 0.846. The molecule has 1 N–H and O–H groups in total. The van der Waals surface area contributed by atoms with Gasteiger partial charge in [-0.3, -0.25) is 4.79 Å². The topological polar surface area (TPSA) is 64.6 Å². The standard InChI is InChI=1S/C13H23NO4S/c1-13(2,3)18-12(16)14-7-9-5-6-19-8-10(9)11(15)17-4/h9-10H,5-8H2,1-4H3,(H,14,16)/t9-,10-/m0/s1. The Labute approximate surface area is 118 Å². The van der Waals surface area contributed by atoms with E-state index in [2.05, 4.69) is 5.32 Å². The van der Waals surface area contributed by atoms with E-state index >= 15 is 0 Å². The van der Waals surface area contributed by atoms with Gasteiger partial charge in [0.1, 0.15) is 5.60 Å². The number of amides is 1. The molecule has 6 heteroatoms. The van der Waals surface area contributed by atoms with Gasteiger partial charge >= 0.3 is 12.1 Å². The van der Waals surface area contributed by atoms with Crippen LogP contribution in [0.25, 0.3) is 0 Å². The van der Waals surface area contributed by atoms with Crippen molar-refractivity contribution >= 4 is 23.8 Å².